The summed E-state index contributed by atoms with van der Waals surface area (Å²) in [6, 6.07) is 12.0. The van der Waals surface area contributed by atoms with Gasteiger partial charge in [0.2, 0.25) is 5.65 Å². The van der Waals surface area contributed by atoms with Crippen LogP contribution in [0.3, 0.4) is 0 Å². The number of amides is 1. The van der Waals surface area contributed by atoms with Crippen LogP contribution in [0.25, 0.3) is 16.7 Å². The number of hydrogen-bond donors (Lipinski definition) is 1. The Hall–Kier alpha value is -3.53. The molecule has 0 aliphatic carbocycles. The average Bonchev–Trinajstić information content (AvgIpc) is 3.43. The van der Waals surface area contributed by atoms with Crippen molar-refractivity contribution in [3.05, 3.63) is 74.8 Å². The molecule has 4 aromatic rings. The van der Waals surface area contributed by atoms with Crippen molar-refractivity contribution in [1.82, 2.24) is 24.5 Å². The highest BCUT2D eigenvalue weighted by Gasteiger charge is 2.39. The van der Waals surface area contributed by atoms with Gasteiger partial charge in [-0.3, -0.25) is 14.0 Å². The summed E-state index contributed by atoms with van der Waals surface area (Å²) >= 11 is 0. The third-order valence-corrected chi connectivity index (χ3v) is 9.54. The van der Waals surface area contributed by atoms with Crippen LogP contribution in [0.1, 0.15) is 51.8 Å². The van der Waals surface area contributed by atoms with Crippen molar-refractivity contribution in [2.45, 2.75) is 38.3 Å². The summed E-state index contributed by atoms with van der Waals surface area (Å²) in [7, 11) is -2.96. The van der Waals surface area contributed by atoms with E-state index in [2.05, 4.69) is 27.3 Å². The molecule has 3 aliphatic heterocycles. The molecule has 9 nitrogen and oxygen atoms in total. The van der Waals surface area contributed by atoms with E-state index in [1.165, 1.54) is 11.1 Å². The highest BCUT2D eigenvalue weighted by Crippen LogP contribution is 2.41. The van der Waals surface area contributed by atoms with E-state index in [1.54, 1.807) is 10.5 Å². The van der Waals surface area contributed by atoms with Crippen LogP contribution in [-0.2, 0) is 29.2 Å². The maximum absolute atomic E-state index is 13.4. The number of hydrogen-bond acceptors (Lipinski definition) is 6. The standard InChI is InChI=1S/C25H23N5O4S/c31-24-23-28-27-22(9-14-5-7-35(33,34)8-6-14)30(23)21-11-16-10-20-17-4-2-1-3-15(17)13-29(20)25(32)18(16)12-19(21)26-24/h1-4,11-12,14,20H,5-10,13H2,(H,26,31). The van der Waals surface area contributed by atoms with Crippen LogP contribution in [0.5, 0.6) is 0 Å². The zero-order valence-corrected chi connectivity index (χ0v) is 19.7. The van der Waals surface area contributed by atoms with Crippen LogP contribution >= 0.6 is 0 Å². The number of sulfone groups is 1. The molecule has 10 heteroatoms. The Bertz CT molecular complexity index is 1710. The van der Waals surface area contributed by atoms with Gasteiger partial charge in [-0.05, 0) is 54.0 Å². The predicted molar refractivity (Wildman–Crippen MR) is 129 cm³/mol. The van der Waals surface area contributed by atoms with Gasteiger partial charge in [0.25, 0.3) is 11.5 Å². The fourth-order valence-electron chi connectivity index (χ4n) is 5.97. The third kappa shape index (κ3) is 3.16. The highest BCUT2D eigenvalue weighted by molar-refractivity contribution is 7.91. The number of fused-ring (bicyclic) bond motifs is 7. The molecule has 1 fully saturated rings. The molecule has 35 heavy (non-hydrogen) atoms. The first-order valence-corrected chi connectivity index (χ1v) is 13.7. The molecule has 0 spiro atoms. The SMILES string of the molecule is O=C1c2cc3[nH]c(=O)c4nnc(CC5CCS(=O)(=O)CC5)n4c3cc2CC2c3ccccc3CN12. The lowest BCUT2D eigenvalue weighted by Crippen LogP contribution is -2.35. The van der Waals surface area contributed by atoms with Crippen molar-refractivity contribution < 1.29 is 13.2 Å². The molecule has 2 aromatic carbocycles. The molecular weight excluding hydrogens is 466 g/mol. The zero-order chi connectivity index (χ0) is 23.9. The topological polar surface area (TPSA) is 117 Å². The van der Waals surface area contributed by atoms with Crippen LogP contribution in [-0.4, -0.2) is 50.3 Å². The van der Waals surface area contributed by atoms with E-state index in [1.807, 2.05) is 23.1 Å². The number of aromatic nitrogens is 4. The molecule has 1 unspecified atom stereocenters. The normalized spacial score (nSPS) is 21.3. The van der Waals surface area contributed by atoms with Crippen LogP contribution < -0.4 is 5.56 Å². The number of carbonyl (C=O) groups is 1. The Morgan fingerprint density at radius 3 is 2.66 bits per heavy atom. The van der Waals surface area contributed by atoms with Crippen molar-refractivity contribution in [3.8, 4) is 0 Å². The van der Waals surface area contributed by atoms with Gasteiger partial charge in [-0.25, -0.2) is 8.42 Å². The van der Waals surface area contributed by atoms with Crippen LogP contribution in [0.2, 0.25) is 0 Å². The van der Waals surface area contributed by atoms with Crippen molar-refractivity contribution in [2.75, 3.05) is 11.5 Å². The van der Waals surface area contributed by atoms with Crippen LogP contribution in [0.4, 0.5) is 0 Å². The van der Waals surface area contributed by atoms with E-state index in [-0.39, 0.29) is 40.6 Å². The largest absolute Gasteiger partial charge is 0.327 e. The molecule has 2 aromatic heterocycles. The number of rotatable bonds is 2. The van der Waals surface area contributed by atoms with Crippen LogP contribution in [0.15, 0.2) is 41.2 Å². The molecule has 0 bridgehead atoms. The van der Waals surface area contributed by atoms with Crippen molar-refractivity contribution >= 4 is 32.4 Å². The molecule has 7 rings (SSSR count). The molecule has 0 saturated carbocycles. The Kier molecular flexibility index (Phi) is 4.30. The number of benzene rings is 2. The average molecular weight is 490 g/mol. The number of nitrogens with zero attached hydrogens (tertiary/aromatic N) is 4. The maximum Gasteiger partial charge on any atom is 0.294 e. The molecule has 1 atom stereocenters. The molecule has 1 amide bonds. The lowest BCUT2D eigenvalue weighted by Gasteiger charge is -2.32. The zero-order valence-electron chi connectivity index (χ0n) is 18.9. The van der Waals surface area contributed by atoms with E-state index in [4.69, 9.17) is 0 Å². The summed E-state index contributed by atoms with van der Waals surface area (Å²) in [6.07, 6.45) is 2.42. The Morgan fingerprint density at radius 1 is 1.03 bits per heavy atom. The fraction of sp³-hybridized carbons (Fsp3) is 0.360. The van der Waals surface area contributed by atoms with E-state index in [0.29, 0.717) is 49.1 Å². The lowest BCUT2D eigenvalue weighted by molar-refractivity contribution is 0.0666. The lowest BCUT2D eigenvalue weighted by atomic mass is 9.90. The second kappa shape index (κ2) is 7.24. The molecule has 1 saturated heterocycles. The summed E-state index contributed by atoms with van der Waals surface area (Å²) in [4.78, 5) is 31.0. The minimum atomic E-state index is -2.96. The van der Waals surface area contributed by atoms with E-state index in [9.17, 15) is 18.0 Å². The van der Waals surface area contributed by atoms with Gasteiger partial charge in [0.05, 0.1) is 28.6 Å². The third-order valence-electron chi connectivity index (χ3n) is 7.82. The first kappa shape index (κ1) is 20.8. The second-order valence-corrected chi connectivity index (χ2v) is 12.2. The molecule has 5 heterocycles. The first-order chi connectivity index (χ1) is 16.9. The van der Waals surface area contributed by atoms with Crippen molar-refractivity contribution in [2.24, 2.45) is 5.92 Å². The van der Waals surface area contributed by atoms with Crippen molar-refractivity contribution in [3.63, 3.8) is 0 Å². The predicted octanol–water partition coefficient (Wildman–Crippen LogP) is 2.19. The summed E-state index contributed by atoms with van der Waals surface area (Å²) < 4.78 is 25.5. The number of H-pyrrole nitrogens is 1. The van der Waals surface area contributed by atoms with E-state index < -0.39 is 9.84 Å². The Morgan fingerprint density at radius 2 is 1.83 bits per heavy atom. The Labute approximate surface area is 200 Å². The molecule has 3 aliphatic rings. The fourth-order valence-corrected chi connectivity index (χ4v) is 7.56. The van der Waals surface area contributed by atoms with Crippen molar-refractivity contribution in [1.29, 1.82) is 0 Å². The number of nitrogens with one attached hydrogen (secondary N) is 1. The van der Waals surface area contributed by atoms with E-state index >= 15 is 0 Å². The maximum atomic E-state index is 13.4. The van der Waals surface area contributed by atoms with Crippen LogP contribution in [0, 0.1) is 5.92 Å². The minimum absolute atomic E-state index is 0.00599. The van der Waals surface area contributed by atoms with Gasteiger partial charge in [0, 0.05) is 18.5 Å². The van der Waals surface area contributed by atoms with Gasteiger partial charge < -0.3 is 9.88 Å². The smallest absolute Gasteiger partial charge is 0.294 e. The molecule has 1 N–H and O–H groups in total. The van der Waals surface area contributed by atoms with Gasteiger partial charge in [0.15, 0.2) is 0 Å². The summed E-state index contributed by atoms with van der Waals surface area (Å²) in [5.74, 6) is 1.16. The summed E-state index contributed by atoms with van der Waals surface area (Å²) in [5, 5.41) is 8.46. The van der Waals surface area contributed by atoms with Gasteiger partial charge in [-0.2, -0.15) is 0 Å². The summed E-state index contributed by atoms with van der Waals surface area (Å²) in [5.41, 5.74) is 5.10. The van der Waals surface area contributed by atoms with Gasteiger partial charge in [-0.1, -0.05) is 24.3 Å². The summed E-state index contributed by atoms with van der Waals surface area (Å²) in [6.45, 7) is 0.597. The Balaban J connectivity index is 1.34. The monoisotopic (exact) mass is 489 g/mol. The van der Waals surface area contributed by atoms with E-state index in [0.717, 1.165) is 11.1 Å². The number of aromatic amines is 1. The van der Waals surface area contributed by atoms with Gasteiger partial charge in [-0.15, -0.1) is 10.2 Å². The molecule has 178 valence electrons. The van der Waals surface area contributed by atoms with Gasteiger partial charge in [0.1, 0.15) is 15.7 Å². The second-order valence-electron chi connectivity index (χ2n) is 9.91. The molecule has 0 radical (unpaired) electrons. The quantitative estimate of drug-likeness (QED) is 0.461. The van der Waals surface area contributed by atoms with Gasteiger partial charge >= 0.3 is 0 Å². The highest BCUT2D eigenvalue weighted by atomic mass is 32.2. The minimum Gasteiger partial charge on any atom is -0.327 e. The first-order valence-electron chi connectivity index (χ1n) is 11.9. The number of carbonyl (C=O) groups excluding carboxylic acids is 1. The molecular formula is C25H23N5O4S.